The molecule has 4 heteroatoms. The lowest BCUT2D eigenvalue weighted by atomic mass is 9.98. The van der Waals surface area contributed by atoms with E-state index in [1.165, 1.54) is 103 Å². The maximum atomic E-state index is 2.44. The molecule has 12 rings (SSSR count). The molecule has 0 bridgehead atoms. The molecular weight excluding hydrogens is 717 g/mol. The molecule has 0 N–H and O–H groups in total. The Labute approximate surface area is 331 Å². The first kappa shape index (κ1) is 31.6. The van der Waals surface area contributed by atoms with E-state index in [9.17, 15) is 0 Å². The predicted octanol–water partition coefficient (Wildman–Crippen LogP) is 15.3. The van der Waals surface area contributed by atoms with Gasteiger partial charge in [0, 0.05) is 53.1 Å². The van der Waals surface area contributed by atoms with Crippen LogP contribution in [0.3, 0.4) is 0 Å². The first-order chi connectivity index (χ1) is 27.8. The lowest BCUT2D eigenvalue weighted by Gasteiger charge is -2.11. The van der Waals surface area contributed by atoms with Crippen molar-refractivity contribution in [3.05, 3.63) is 193 Å². The molecule has 262 valence electrons. The normalized spacial score (nSPS) is 11.9. The van der Waals surface area contributed by atoms with Gasteiger partial charge in [-0.2, -0.15) is 0 Å². The maximum Gasteiger partial charge on any atom is 0.0541 e. The average molecular weight is 749 g/mol. The van der Waals surface area contributed by atoms with Crippen LogP contribution >= 0.6 is 22.7 Å². The van der Waals surface area contributed by atoms with Gasteiger partial charge in [-0.1, -0.05) is 91.0 Å². The van der Waals surface area contributed by atoms with Gasteiger partial charge < -0.3 is 9.13 Å². The summed E-state index contributed by atoms with van der Waals surface area (Å²) < 4.78 is 7.45. The average Bonchev–Trinajstić information content (AvgIpc) is 4.07. The summed E-state index contributed by atoms with van der Waals surface area (Å²) in [6, 6.07) is 67.3. The van der Waals surface area contributed by atoms with Crippen LogP contribution in [0.1, 0.15) is 0 Å². The largest absolute Gasteiger partial charge is 0.309 e. The van der Waals surface area contributed by atoms with E-state index in [0.717, 1.165) is 5.69 Å². The monoisotopic (exact) mass is 748 g/mol. The number of aromatic nitrogens is 2. The molecule has 0 aliphatic rings. The molecule has 0 aliphatic carbocycles. The SMILES string of the molecule is c1ccc(-n2c3ccccc3c3cc(-c4ccc(-n5c6ccc(-c7cccc8sccc78)cc6c6cc(-c7cccc8sccc78)ccc65)cc4)ccc32)cc1. The van der Waals surface area contributed by atoms with Crippen molar-refractivity contribution in [2.45, 2.75) is 0 Å². The van der Waals surface area contributed by atoms with Crippen LogP contribution in [-0.2, 0) is 0 Å². The second-order valence-electron chi connectivity index (χ2n) is 14.5. The molecule has 0 atom stereocenters. The van der Waals surface area contributed by atoms with E-state index in [1.54, 1.807) is 22.7 Å². The summed E-state index contributed by atoms with van der Waals surface area (Å²) in [5.41, 5.74) is 14.6. The quantitative estimate of drug-likeness (QED) is 0.166. The van der Waals surface area contributed by atoms with Crippen molar-refractivity contribution in [3.8, 4) is 44.8 Å². The minimum absolute atomic E-state index is 1.15. The van der Waals surface area contributed by atoms with Crippen molar-refractivity contribution in [2.75, 3.05) is 0 Å². The van der Waals surface area contributed by atoms with Gasteiger partial charge in [0.1, 0.15) is 0 Å². The first-order valence-corrected chi connectivity index (χ1v) is 20.7. The Bertz CT molecular complexity index is 3340. The number of para-hydroxylation sites is 2. The maximum absolute atomic E-state index is 2.44. The van der Waals surface area contributed by atoms with Gasteiger partial charge in [-0.3, -0.25) is 0 Å². The van der Waals surface area contributed by atoms with Crippen molar-refractivity contribution in [3.63, 3.8) is 0 Å². The molecule has 0 radical (unpaired) electrons. The molecule has 2 nitrogen and oxygen atoms in total. The lowest BCUT2D eigenvalue weighted by molar-refractivity contribution is 1.18. The van der Waals surface area contributed by atoms with Crippen molar-refractivity contribution < 1.29 is 0 Å². The minimum Gasteiger partial charge on any atom is -0.309 e. The number of thiophene rings is 2. The molecule has 4 aromatic heterocycles. The van der Waals surface area contributed by atoms with Crippen LogP contribution in [0.2, 0.25) is 0 Å². The number of hydrogen-bond acceptors (Lipinski definition) is 2. The fourth-order valence-corrected chi connectivity index (χ4v) is 10.6. The van der Waals surface area contributed by atoms with Gasteiger partial charge in [0.15, 0.2) is 0 Å². The van der Waals surface area contributed by atoms with Crippen LogP contribution in [0.25, 0.3) is 109 Å². The van der Waals surface area contributed by atoms with E-state index in [0.29, 0.717) is 0 Å². The number of fused-ring (bicyclic) bond motifs is 8. The Balaban J connectivity index is 1.02. The van der Waals surface area contributed by atoms with Gasteiger partial charge in [-0.25, -0.2) is 0 Å². The Hall–Kier alpha value is -6.72. The zero-order valence-corrected chi connectivity index (χ0v) is 31.8. The Morgan fingerprint density at radius 2 is 0.750 bits per heavy atom. The van der Waals surface area contributed by atoms with E-state index in [-0.39, 0.29) is 0 Å². The van der Waals surface area contributed by atoms with Gasteiger partial charge in [0.2, 0.25) is 0 Å². The first-order valence-electron chi connectivity index (χ1n) is 19.0. The topological polar surface area (TPSA) is 9.86 Å². The van der Waals surface area contributed by atoms with E-state index >= 15 is 0 Å². The highest BCUT2D eigenvalue weighted by Gasteiger charge is 2.18. The van der Waals surface area contributed by atoms with Gasteiger partial charge >= 0.3 is 0 Å². The molecule has 0 saturated heterocycles. The summed E-state index contributed by atoms with van der Waals surface area (Å²) in [7, 11) is 0. The van der Waals surface area contributed by atoms with Crippen molar-refractivity contribution in [2.24, 2.45) is 0 Å². The third-order valence-corrected chi connectivity index (χ3v) is 13.3. The summed E-state index contributed by atoms with van der Waals surface area (Å²) in [6.45, 7) is 0. The van der Waals surface area contributed by atoms with Gasteiger partial charge in [-0.15, -0.1) is 22.7 Å². The predicted molar refractivity (Wildman–Crippen MR) is 242 cm³/mol. The number of nitrogens with zero attached hydrogens (tertiary/aromatic N) is 2. The molecule has 0 unspecified atom stereocenters. The van der Waals surface area contributed by atoms with Crippen LogP contribution in [0.5, 0.6) is 0 Å². The summed E-state index contributed by atoms with van der Waals surface area (Å²) >= 11 is 3.60. The standard InChI is InChI=1S/C52H32N2S2/c1-2-8-37(9-3-1)53-47-13-5-4-10-41(47)44-30-34(18-23-48(44)53)33-16-21-38(22-17-33)54-49-24-19-35(39-11-6-14-51-42(39)26-28-55-51)31-45(49)46-32-36(20-25-50(46)54)40-12-7-15-52-43(40)27-29-56-52/h1-32H. The van der Waals surface area contributed by atoms with Gasteiger partial charge in [-0.05, 0) is 135 Å². The summed E-state index contributed by atoms with van der Waals surface area (Å²) in [4.78, 5) is 0. The zero-order valence-electron chi connectivity index (χ0n) is 30.2. The zero-order chi connectivity index (χ0) is 36.7. The Morgan fingerprint density at radius 1 is 0.286 bits per heavy atom. The van der Waals surface area contributed by atoms with Crippen LogP contribution < -0.4 is 0 Å². The third-order valence-electron chi connectivity index (χ3n) is 11.5. The molecule has 12 aromatic rings. The van der Waals surface area contributed by atoms with E-state index in [1.807, 2.05) is 0 Å². The van der Waals surface area contributed by atoms with Crippen LogP contribution in [0, 0.1) is 0 Å². The Morgan fingerprint density at radius 3 is 1.36 bits per heavy atom. The van der Waals surface area contributed by atoms with Gasteiger partial charge in [0.05, 0.1) is 22.1 Å². The van der Waals surface area contributed by atoms with E-state index < -0.39 is 0 Å². The molecule has 4 heterocycles. The van der Waals surface area contributed by atoms with Gasteiger partial charge in [0.25, 0.3) is 0 Å². The summed E-state index contributed by atoms with van der Waals surface area (Å²) in [5, 5.41) is 12.0. The van der Waals surface area contributed by atoms with Crippen molar-refractivity contribution >= 4 is 86.5 Å². The summed E-state index contributed by atoms with van der Waals surface area (Å²) in [5.74, 6) is 0. The number of hydrogen-bond donors (Lipinski definition) is 0. The third kappa shape index (κ3) is 4.80. The number of rotatable bonds is 5. The molecule has 0 aliphatic heterocycles. The highest BCUT2D eigenvalue weighted by Crippen LogP contribution is 2.41. The lowest BCUT2D eigenvalue weighted by Crippen LogP contribution is -1.94. The van der Waals surface area contributed by atoms with Crippen LogP contribution in [0.4, 0.5) is 0 Å². The van der Waals surface area contributed by atoms with Crippen molar-refractivity contribution in [1.29, 1.82) is 0 Å². The molecular formula is C52H32N2S2. The molecule has 0 fully saturated rings. The molecule has 0 spiro atoms. The van der Waals surface area contributed by atoms with E-state index in [4.69, 9.17) is 0 Å². The van der Waals surface area contributed by atoms with E-state index in [2.05, 4.69) is 202 Å². The molecule has 56 heavy (non-hydrogen) atoms. The minimum atomic E-state index is 1.15. The highest BCUT2D eigenvalue weighted by molar-refractivity contribution is 7.17. The second kappa shape index (κ2) is 12.4. The summed E-state index contributed by atoms with van der Waals surface area (Å²) in [6.07, 6.45) is 0. The Kier molecular flexibility index (Phi) is 7.00. The fraction of sp³-hybridized carbons (Fsp3) is 0. The van der Waals surface area contributed by atoms with Crippen molar-refractivity contribution in [1.82, 2.24) is 9.13 Å². The van der Waals surface area contributed by atoms with Crippen LogP contribution in [0.15, 0.2) is 193 Å². The molecule has 8 aromatic carbocycles. The number of benzene rings is 8. The fourth-order valence-electron chi connectivity index (χ4n) is 8.94. The second-order valence-corrected chi connectivity index (χ2v) is 16.4. The molecule has 0 amide bonds. The smallest absolute Gasteiger partial charge is 0.0541 e. The highest BCUT2D eigenvalue weighted by atomic mass is 32.1. The molecule has 0 saturated carbocycles. The van der Waals surface area contributed by atoms with Crippen LogP contribution in [-0.4, -0.2) is 9.13 Å².